The second-order valence-electron chi connectivity index (χ2n) is 6.87. The average molecular weight is 428 g/mol. The highest BCUT2D eigenvalue weighted by atomic mass is 16.2. The Hall–Kier alpha value is -4.39. The Bertz CT molecular complexity index is 1290. The summed E-state index contributed by atoms with van der Waals surface area (Å²) in [5.74, 6) is 2.01. The minimum atomic E-state index is -0.681. The fraction of sp³-hybridized carbons (Fsp3) is 0.227. The van der Waals surface area contributed by atoms with Crippen LogP contribution in [0.15, 0.2) is 46.9 Å². The van der Waals surface area contributed by atoms with Gasteiger partial charge < -0.3 is 10.0 Å². The largest absolute Gasteiger partial charge is 0.462 e. The van der Waals surface area contributed by atoms with Gasteiger partial charge in [-0.2, -0.15) is 9.78 Å². The number of aryl methyl sites for hydroxylation is 1. The monoisotopic (exact) mass is 428 g/mol. The summed E-state index contributed by atoms with van der Waals surface area (Å²) in [6.07, 6.45) is 6.21. The molecule has 0 amide bonds. The average Bonchev–Trinajstić information content (AvgIpc) is 3.37. The van der Waals surface area contributed by atoms with E-state index < -0.39 is 5.78 Å². The van der Waals surface area contributed by atoms with Gasteiger partial charge in [-0.05, 0) is 44.5 Å². The summed E-state index contributed by atoms with van der Waals surface area (Å²) in [7, 11) is 0. The molecule has 1 aromatic carbocycles. The molecule has 0 aliphatic carbocycles. The fourth-order valence-corrected chi connectivity index (χ4v) is 3.39. The second kappa shape index (κ2) is 8.77. The molecule has 160 valence electrons. The standard InChI is InChI=1S/C22H20N8O2/c1-4-29(5-2)15-6-7-16(14(3)12-15)25-20-19(18(32)8-11-31)28-30-21(26-27-22(20)30)17-13-23-9-10-24-17/h6-7,9-10,12-13,31H,4-5H2,1-3H3. The van der Waals surface area contributed by atoms with Crippen LogP contribution < -0.4 is 4.90 Å². The third-order valence-corrected chi connectivity index (χ3v) is 4.99. The van der Waals surface area contributed by atoms with Crippen molar-refractivity contribution in [1.29, 1.82) is 0 Å². The molecule has 0 bridgehead atoms. The maximum atomic E-state index is 12.5. The van der Waals surface area contributed by atoms with Gasteiger partial charge in [0.2, 0.25) is 11.6 Å². The normalized spacial score (nSPS) is 13.3. The van der Waals surface area contributed by atoms with E-state index in [1.54, 1.807) is 6.11 Å². The number of aromatic nitrogens is 5. The summed E-state index contributed by atoms with van der Waals surface area (Å²) in [6, 6.07) is 5.91. The van der Waals surface area contributed by atoms with Gasteiger partial charge in [0, 0.05) is 37.1 Å². The summed E-state index contributed by atoms with van der Waals surface area (Å²) < 4.78 is 1.38. The van der Waals surface area contributed by atoms with E-state index >= 15 is 0 Å². The number of hydrogen-bond donors (Lipinski definition) is 1. The number of aliphatic hydroxyl groups is 1. The van der Waals surface area contributed by atoms with Crippen molar-refractivity contribution in [2.24, 2.45) is 10.1 Å². The Balaban J connectivity index is 1.82. The van der Waals surface area contributed by atoms with E-state index in [2.05, 4.69) is 54.9 Å². The Labute approximate surface area is 184 Å². The number of hydrogen-bond acceptors (Lipinski definition) is 9. The summed E-state index contributed by atoms with van der Waals surface area (Å²) in [5, 5.41) is 21.6. The van der Waals surface area contributed by atoms with E-state index in [1.165, 1.54) is 23.3 Å². The molecule has 0 saturated heterocycles. The van der Waals surface area contributed by atoms with Crippen LogP contribution in [0.1, 0.15) is 25.2 Å². The van der Waals surface area contributed by atoms with Crippen LogP contribution in [-0.4, -0.2) is 60.2 Å². The lowest BCUT2D eigenvalue weighted by Gasteiger charge is -2.21. The number of anilines is 1. The molecule has 1 aliphatic rings. The molecule has 3 heterocycles. The van der Waals surface area contributed by atoms with Crippen LogP contribution in [0.4, 0.5) is 11.4 Å². The lowest BCUT2D eigenvalue weighted by Crippen LogP contribution is -2.22. The molecule has 1 aliphatic heterocycles. The Morgan fingerprint density at radius 3 is 2.62 bits per heavy atom. The number of fused-ring (bicyclic) bond motifs is 1. The summed E-state index contributed by atoms with van der Waals surface area (Å²) in [5.41, 5.74) is 3.30. The van der Waals surface area contributed by atoms with Crippen LogP contribution in [0.5, 0.6) is 0 Å². The van der Waals surface area contributed by atoms with Crippen LogP contribution in [0.25, 0.3) is 11.5 Å². The molecule has 10 nitrogen and oxygen atoms in total. The van der Waals surface area contributed by atoms with Crippen molar-refractivity contribution in [1.82, 2.24) is 24.8 Å². The lowest BCUT2D eigenvalue weighted by molar-refractivity contribution is -0.108. The SMILES string of the molecule is CCN(CC)c1ccc(N=C2C(C(=O)C#CO)=Nn3c2nnc3-c2cnccn2)c(C)c1. The van der Waals surface area contributed by atoms with E-state index in [0.717, 1.165) is 24.3 Å². The molecule has 0 radical (unpaired) electrons. The van der Waals surface area contributed by atoms with Crippen molar-refractivity contribution in [2.45, 2.75) is 20.8 Å². The van der Waals surface area contributed by atoms with Crippen molar-refractivity contribution in [3.8, 4) is 23.5 Å². The Morgan fingerprint density at radius 1 is 1.19 bits per heavy atom. The van der Waals surface area contributed by atoms with Gasteiger partial charge in [-0.1, -0.05) is 0 Å². The van der Waals surface area contributed by atoms with E-state index in [4.69, 9.17) is 5.11 Å². The molecular formula is C22H20N8O2. The van der Waals surface area contributed by atoms with Gasteiger partial charge >= 0.3 is 0 Å². The highest BCUT2D eigenvalue weighted by molar-refractivity contribution is 6.73. The molecule has 2 aromatic heterocycles. The molecule has 32 heavy (non-hydrogen) atoms. The first kappa shape index (κ1) is 20.9. The maximum Gasteiger partial charge on any atom is 0.261 e. The molecular weight excluding hydrogens is 408 g/mol. The first-order valence-electron chi connectivity index (χ1n) is 10.0. The second-order valence-corrected chi connectivity index (χ2v) is 6.87. The fourth-order valence-electron chi connectivity index (χ4n) is 3.39. The van der Waals surface area contributed by atoms with Gasteiger partial charge in [-0.25, -0.2) is 9.98 Å². The smallest absolute Gasteiger partial charge is 0.261 e. The van der Waals surface area contributed by atoms with Crippen molar-refractivity contribution in [2.75, 3.05) is 18.0 Å². The van der Waals surface area contributed by atoms with E-state index in [9.17, 15) is 4.79 Å². The first-order valence-corrected chi connectivity index (χ1v) is 10.0. The molecule has 0 saturated carbocycles. The topological polar surface area (TPSA) is 122 Å². The van der Waals surface area contributed by atoms with Gasteiger partial charge in [0.05, 0.1) is 11.9 Å². The molecule has 0 spiro atoms. The van der Waals surface area contributed by atoms with Crippen LogP contribution in [-0.2, 0) is 4.79 Å². The first-order chi connectivity index (χ1) is 15.6. The predicted octanol–water partition coefficient (Wildman–Crippen LogP) is 2.13. The number of rotatable bonds is 6. The molecule has 4 rings (SSSR count). The van der Waals surface area contributed by atoms with Gasteiger partial charge in [0.1, 0.15) is 17.5 Å². The predicted molar refractivity (Wildman–Crippen MR) is 120 cm³/mol. The zero-order chi connectivity index (χ0) is 22.7. The number of carbonyl (C=O) groups is 1. The van der Waals surface area contributed by atoms with Crippen LogP contribution >= 0.6 is 0 Å². The number of Topliss-reactive ketones (excluding diaryl/α,β-unsaturated/α-hetero) is 1. The molecule has 0 fully saturated rings. The van der Waals surface area contributed by atoms with Crippen LogP contribution in [0, 0.1) is 19.0 Å². The third-order valence-electron chi connectivity index (χ3n) is 4.99. The van der Waals surface area contributed by atoms with Gasteiger partial charge in [-0.3, -0.25) is 9.78 Å². The van der Waals surface area contributed by atoms with Crippen LogP contribution in [0.3, 0.4) is 0 Å². The number of nitrogens with zero attached hydrogens (tertiary/aromatic N) is 8. The lowest BCUT2D eigenvalue weighted by atomic mass is 10.1. The summed E-state index contributed by atoms with van der Waals surface area (Å²) in [6.45, 7) is 7.93. The number of benzene rings is 1. The van der Waals surface area contributed by atoms with Crippen molar-refractivity contribution < 1.29 is 9.90 Å². The number of aliphatic imine (C=N–C) groups is 1. The quantitative estimate of drug-likeness (QED) is 0.597. The molecule has 0 unspecified atom stereocenters. The Kier molecular flexibility index (Phi) is 5.72. The molecule has 1 N–H and O–H groups in total. The minimum absolute atomic E-state index is 0.0335. The number of aliphatic hydroxyl groups excluding tert-OH is 1. The van der Waals surface area contributed by atoms with Crippen LogP contribution in [0.2, 0.25) is 0 Å². The molecule has 3 aromatic rings. The van der Waals surface area contributed by atoms with Gasteiger partial charge in [0.15, 0.2) is 5.71 Å². The number of carbonyl (C=O) groups excluding carboxylic acids is 1. The molecule has 0 atom stereocenters. The van der Waals surface area contributed by atoms with Crippen molar-refractivity contribution in [3.63, 3.8) is 0 Å². The summed E-state index contributed by atoms with van der Waals surface area (Å²) >= 11 is 0. The van der Waals surface area contributed by atoms with Gasteiger partial charge in [-0.15, -0.1) is 10.2 Å². The van der Waals surface area contributed by atoms with Crippen molar-refractivity contribution in [3.05, 3.63) is 48.2 Å². The minimum Gasteiger partial charge on any atom is -0.462 e. The van der Waals surface area contributed by atoms with Crippen molar-refractivity contribution >= 4 is 28.6 Å². The number of ketones is 1. The highest BCUT2D eigenvalue weighted by Gasteiger charge is 2.33. The zero-order valence-corrected chi connectivity index (χ0v) is 17.8. The van der Waals surface area contributed by atoms with E-state index in [0.29, 0.717) is 17.2 Å². The zero-order valence-electron chi connectivity index (χ0n) is 17.8. The summed E-state index contributed by atoms with van der Waals surface area (Å²) in [4.78, 5) is 27.7. The van der Waals surface area contributed by atoms with E-state index in [1.807, 2.05) is 25.1 Å². The van der Waals surface area contributed by atoms with Gasteiger partial charge in [0.25, 0.3) is 5.78 Å². The highest BCUT2D eigenvalue weighted by Crippen LogP contribution is 2.27. The van der Waals surface area contributed by atoms with E-state index in [-0.39, 0.29) is 17.2 Å². The maximum absolute atomic E-state index is 12.5. The molecule has 10 heteroatoms. The third kappa shape index (κ3) is 3.72. The Morgan fingerprint density at radius 2 is 1.97 bits per heavy atom.